The van der Waals surface area contributed by atoms with Gasteiger partial charge in [0, 0.05) is 10.0 Å². The number of ether oxygens (including phenoxy) is 1. The van der Waals surface area contributed by atoms with Crippen molar-refractivity contribution in [2.45, 2.75) is 0 Å². The van der Waals surface area contributed by atoms with Gasteiger partial charge in [0.25, 0.3) is 0 Å². The molecule has 0 aliphatic heterocycles. The molecule has 4 nitrogen and oxygen atoms in total. The number of H-pyrrole nitrogens is 1. The lowest BCUT2D eigenvalue weighted by Crippen LogP contribution is -1.86. The summed E-state index contributed by atoms with van der Waals surface area (Å²) in [6, 6.07) is 5.70. The number of rotatable bonds is 2. The van der Waals surface area contributed by atoms with Gasteiger partial charge in [-0.1, -0.05) is 15.9 Å². The van der Waals surface area contributed by atoms with Gasteiger partial charge in [0.2, 0.25) is 0 Å². The van der Waals surface area contributed by atoms with Crippen molar-refractivity contribution in [1.29, 1.82) is 0 Å². The molecule has 0 atom stereocenters. The molecule has 1 N–H and O–H groups in total. The largest absolute Gasteiger partial charge is 0.497 e. The predicted octanol–water partition coefficient (Wildman–Crippen LogP) is 2.24. The maximum atomic E-state index is 5.14. The summed E-state index contributed by atoms with van der Waals surface area (Å²) in [6.07, 6.45) is 1.54. The Morgan fingerprint density at radius 3 is 2.86 bits per heavy atom. The Kier molecular flexibility index (Phi) is 2.49. The Labute approximate surface area is 89.5 Å². The third-order valence-corrected chi connectivity index (χ3v) is 2.24. The van der Waals surface area contributed by atoms with Crippen molar-refractivity contribution >= 4 is 15.9 Å². The van der Waals surface area contributed by atoms with E-state index in [-0.39, 0.29) is 0 Å². The molecule has 1 aromatic heterocycles. The van der Waals surface area contributed by atoms with Gasteiger partial charge < -0.3 is 4.74 Å². The van der Waals surface area contributed by atoms with Crippen molar-refractivity contribution in [2.75, 3.05) is 7.11 Å². The van der Waals surface area contributed by atoms with Gasteiger partial charge in [-0.15, -0.1) is 0 Å². The van der Waals surface area contributed by atoms with Crippen molar-refractivity contribution in [3.63, 3.8) is 0 Å². The highest BCUT2D eigenvalue weighted by Crippen LogP contribution is 2.26. The van der Waals surface area contributed by atoms with Crippen LogP contribution in [0.3, 0.4) is 0 Å². The van der Waals surface area contributed by atoms with Gasteiger partial charge in [0.1, 0.15) is 12.1 Å². The molecule has 14 heavy (non-hydrogen) atoms. The van der Waals surface area contributed by atoms with Crippen molar-refractivity contribution < 1.29 is 4.74 Å². The molecule has 1 aromatic carbocycles. The van der Waals surface area contributed by atoms with Crippen LogP contribution in [0.2, 0.25) is 0 Å². The van der Waals surface area contributed by atoms with Crippen molar-refractivity contribution in [3.05, 3.63) is 29.0 Å². The lowest BCUT2D eigenvalue weighted by Gasteiger charge is -2.02. The standard InChI is InChI=1S/C9H8BrN3O/c1-14-8-3-6(2-7(10)4-8)9-11-5-12-13-9/h2-5H,1H3,(H,11,12,13). The average Bonchev–Trinajstić information content (AvgIpc) is 2.69. The van der Waals surface area contributed by atoms with Crippen LogP contribution in [0.5, 0.6) is 5.75 Å². The number of aromatic nitrogens is 3. The summed E-state index contributed by atoms with van der Waals surface area (Å²) in [4.78, 5) is 4.06. The molecule has 0 saturated heterocycles. The van der Waals surface area contributed by atoms with E-state index in [9.17, 15) is 0 Å². The normalized spacial score (nSPS) is 10.1. The van der Waals surface area contributed by atoms with Gasteiger partial charge in [-0.25, -0.2) is 4.98 Å². The van der Waals surface area contributed by atoms with Gasteiger partial charge >= 0.3 is 0 Å². The fraction of sp³-hybridized carbons (Fsp3) is 0.111. The molecule has 0 amide bonds. The summed E-state index contributed by atoms with van der Waals surface area (Å²) < 4.78 is 6.08. The van der Waals surface area contributed by atoms with Gasteiger partial charge in [0.05, 0.1) is 7.11 Å². The van der Waals surface area contributed by atoms with Crippen LogP contribution in [0.4, 0.5) is 0 Å². The van der Waals surface area contributed by atoms with Crippen molar-refractivity contribution in [2.24, 2.45) is 0 Å². The summed E-state index contributed by atoms with van der Waals surface area (Å²) in [6.45, 7) is 0. The second kappa shape index (κ2) is 3.79. The first kappa shape index (κ1) is 9.21. The monoisotopic (exact) mass is 253 g/mol. The van der Waals surface area contributed by atoms with E-state index in [0.29, 0.717) is 5.82 Å². The maximum Gasteiger partial charge on any atom is 0.181 e. The van der Waals surface area contributed by atoms with E-state index in [2.05, 4.69) is 31.1 Å². The topological polar surface area (TPSA) is 50.8 Å². The van der Waals surface area contributed by atoms with Crippen LogP contribution < -0.4 is 4.74 Å². The quantitative estimate of drug-likeness (QED) is 0.894. The molecular formula is C9H8BrN3O. The van der Waals surface area contributed by atoms with E-state index < -0.39 is 0 Å². The molecule has 0 aliphatic carbocycles. The van der Waals surface area contributed by atoms with Crippen LogP contribution >= 0.6 is 15.9 Å². The van der Waals surface area contributed by atoms with Crippen molar-refractivity contribution in [3.8, 4) is 17.1 Å². The first-order valence-corrected chi connectivity index (χ1v) is 4.79. The fourth-order valence-corrected chi connectivity index (χ4v) is 1.63. The molecule has 2 rings (SSSR count). The summed E-state index contributed by atoms with van der Waals surface area (Å²) in [5.41, 5.74) is 0.914. The van der Waals surface area contributed by atoms with Crippen LogP contribution in [0, 0.1) is 0 Å². The molecule has 72 valence electrons. The molecule has 0 fully saturated rings. The third-order valence-electron chi connectivity index (χ3n) is 1.78. The average molecular weight is 254 g/mol. The Balaban J connectivity index is 2.48. The Bertz CT molecular complexity index is 428. The summed E-state index contributed by atoms with van der Waals surface area (Å²) >= 11 is 3.39. The van der Waals surface area contributed by atoms with E-state index >= 15 is 0 Å². The van der Waals surface area contributed by atoms with Gasteiger partial charge in [0.15, 0.2) is 5.82 Å². The van der Waals surface area contributed by atoms with Crippen LogP contribution in [0.1, 0.15) is 0 Å². The summed E-state index contributed by atoms with van der Waals surface area (Å²) in [5, 5.41) is 6.66. The van der Waals surface area contributed by atoms with Gasteiger partial charge in [-0.05, 0) is 18.2 Å². The van der Waals surface area contributed by atoms with Crippen molar-refractivity contribution in [1.82, 2.24) is 15.2 Å². The minimum absolute atomic E-state index is 0.657. The van der Waals surface area contributed by atoms with Crippen LogP contribution in [-0.4, -0.2) is 22.3 Å². The minimum Gasteiger partial charge on any atom is -0.497 e. The first-order valence-electron chi connectivity index (χ1n) is 4.00. The van der Waals surface area contributed by atoms with E-state index in [1.165, 1.54) is 0 Å². The molecule has 0 bridgehead atoms. The minimum atomic E-state index is 0.657. The number of nitrogens with one attached hydrogen (secondary N) is 1. The molecular weight excluding hydrogens is 246 g/mol. The zero-order valence-electron chi connectivity index (χ0n) is 7.49. The fourth-order valence-electron chi connectivity index (χ4n) is 1.16. The lowest BCUT2D eigenvalue weighted by molar-refractivity contribution is 0.414. The number of methoxy groups -OCH3 is 1. The Morgan fingerprint density at radius 2 is 2.21 bits per heavy atom. The number of nitrogens with zero attached hydrogens (tertiary/aromatic N) is 2. The molecule has 0 spiro atoms. The molecule has 0 unspecified atom stereocenters. The maximum absolute atomic E-state index is 5.14. The Morgan fingerprint density at radius 1 is 1.36 bits per heavy atom. The SMILES string of the molecule is COc1cc(Br)cc(-c2nc[nH]n2)c1. The lowest BCUT2D eigenvalue weighted by atomic mass is 10.2. The predicted molar refractivity (Wildman–Crippen MR) is 56.1 cm³/mol. The van der Waals surface area contributed by atoms with E-state index in [0.717, 1.165) is 15.8 Å². The third kappa shape index (κ3) is 1.77. The summed E-state index contributed by atoms with van der Waals surface area (Å²) in [5.74, 6) is 1.43. The zero-order chi connectivity index (χ0) is 9.97. The molecule has 0 saturated carbocycles. The van der Waals surface area contributed by atoms with Gasteiger partial charge in [-0.3, -0.25) is 5.10 Å². The number of aromatic amines is 1. The molecule has 0 radical (unpaired) electrons. The number of benzene rings is 1. The molecule has 1 heterocycles. The van der Waals surface area contributed by atoms with Crippen LogP contribution in [0.15, 0.2) is 29.0 Å². The van der Waals surface area contributed by atoms with E-state index in [1.54, 1.807) is 13.4 Å². The van der Waals surface area contributed by atoms with E-state index in [1.807, 2.05) is 18.2 Å². The second-order valence-corrected chi connectivity index (χ2v) is 3.62. The Hall–Kier alpha value is -1.36. The smallest absolute Gasteiger partial charge is 0.181 e. The number of hydrogen-bond acceptors (Lipinski definition) is 3. The highest BCUT2D eigenvalue weighted by atomic mass is 79.9. The zero-order valence-corrected chi connectivity index (χ0v) is 9.08. The van der Waals surface area contributed by atoms with Crippen LogP contribution in [-0.2, 0) is 0 Å². The molecule has 2 aromatic rings. The first-order chi connectivity index (χ1) is 6.79. The number of halogens is 1. The summed E-state index contributed by atoms with van der Waals surface area (Å²) in [7, 11) is 1.63. The van der Waals surface area contributed by atoms with Crippen LogP contribution in [0.25, 0.3) is 11.4 Å². The van der Waals surface area contributed by atoms with Gasteiger partial charge in [-0.2, -0.15) is 5.10 Å². The highest BCUT2D eigenvalue weighted by Gasteiger charge is 2.04. The number of hydrogen-bond donors (Lipinski definition) is 1. The highest BCUT2D eigenvalue weighted by molar-refractivity contribution is 9.10. The second-order valence-electron chi connectivity index (χ2n) is 2.70. The van der Waals surface area contributed by atoms with E-state index in [4.69, 9.17) is 4.74 Å². The molecule has 0 aliphatic rings. The molecule has 5 heteroatoms.